The van der Waals surface area contributed by atoms with Crippen LogP contribution in [0, 0.1) is 17.8 Å². The van der Waals surface area contributed by atoms with Crippen LogP contribution in [0.5, 0.6) is 0 Å². The van der Waals surface area contributed by atoms with Crippen molar-refractivity contribution < 1.29 is 0 Å². The lowest BCUT2D eigenvalue weighted by atomic mass is 9.48. The second-order valence-corrected chi connectivity index (χ2v) is 16.7. The van der Waals surface area contributed by atoms with Crippen molar-refractivity contribution in [2.75, 3.05) is 0 Å². The lowest BCUT2D eigenvalue weighted by molar-refractivity contribution is -0.00518. The zero-order chi connectivity index (χ0) is 31.4. The summed E-state index contributed by atoms with van der Waals surface area (Å²) in [6.45, 7) is 0. The first-order chi connectivity index (χ1) is 23.7. The summed E-state index contributed by atoms with van der Waals surface area (Å²) in [5, 5.41) is 5.07. The van der Waals surface area contributed by atoms with Gasteiger partial charge in [0, 0.05) is 57.0 Å². The molecule has 3 heterocycles. The Kier molecular flexibility index (Phi) is 5.89. The summed E-state index contributed by atoms with van der Waals surface area (Å²) in [6, 6.07) is 39.8. The number of hydrogen-bond donors (Lipinski definition) is 0. The van der Waals surface area contributed by atoms with Gasteiger partial charge in [-0.2, -0.15) is 0 Å². The fourth-order valence-corrected chi connectivity index (χ4v) is 12.5. The molecule has 0 radical (unpaired) electrons. The van der Waals surface area contributed by atoms with Crippen LogP contribution in [0.1, 0.15) is 44.1 Å². The number of rotatable bonds is 4. The summed E-state index contributed by atoms with van der Waals surface area (Å²) in [4.78, 5) is 15.8. The Hall–Kier alpha value is -4.45. The Balaban J connectivity index is 1.10. The van der Waals surface area contributed by atoms with Gasteiger partial charge in [-0.3, -0.25) is 0 Å². The van der Waals surface area contributed by atoms with Gasteiger partial charge in [-0.1, -0.05) is 84.9 Å². The fourth-order valence-electron chi connectivity index (χ4n) is 10.0. The molecule has 4 fully saturated rings. The van der Waals surface area contributed by atoms with Gasteiger partial charge in [0.05, 0.1) is 0 Å². The monoisotopic (exact) mass is 655 g/mol. The van der Waals surface area contributed by atoms with Crippen molar-refractivity contribution in [2.45, 2.75) is 43.9 Å². The van der Waals surface area contributed by atoms with Crippen LogP contribution >= 0.6 is 22.7 Å². The molecule has 3 aromatic heterocycles. The summed E-state index contributed by atoms with van der Waals surface area (Å²) in [5.41, 5.74) is 5.08. The van der Waals surface area contributed by atoms with E-state index < -0.39 is 0 Å². The first-order valence-electron chi connectivity index (χ1n) is 17.4. The quantitative estimate of drug-likeness (QED) is 0.189. The normalized spacial score (nSPS) is 23.2. The van der Waals surface area contributed by atoms with Crippen LogP contribution in [0.3, 0.4) is 0 Å². The lowest BCUT2D eigenvalue weighted by Gasteiger charge is -2.57. The maximum absolute atomic E-state index is 5.28. The molecule has 4 bridgehead atoms. The van der Waals surface area contributed by atoms with Crippen molar-refractivity contribution in [3.8, 4) is 34.2 Å². The molecule has 3 nitrogen and oxygen atoms in total. The number of aromatic nitrogens is 3. The predicted octanol–water partition coefficient (Wildman–Crippen LogP) is 12.1. The molecule has 48 heavy (non-hydrogen) atoms. The Bertz CT molecular complexity index is 2390. The molecule has 232 valence electrons. The van der Waals surface area contributed by atoms with Gasteiger partial charge in [0.1, 0.15) is 0 Å². The molecule has 0 saturated heterocycles. The average molecular weight is 656 g/mol. The second kappa shape index (κ2) is 10.3. The van der Waals surface area contributed by atoms with Gasteiger partial charge in [0.2, 0.25) is 0 Å². The molecule has 5 heteroatoms. The van der Waals surface area contributed by atoms with E-state index in [-0.39, 0.29) is 0 Å². The number of benzene rings is 5. The molecular formula is C43H33N3S2. The highest BCUT2D eigenvalue weighted by Gasteiger charge is 2.51. The van der Waals surface area contributed by atoms with Gasteiger partial charge in [0.25, 0.3) is 0 Å². The van der Waals surface area contributed by atoms with Crippen molar-refractivity contribution in [1.29, 1.82) is 0 Å². The molecule has 4 aliphatic rings. The van der Waals surface area contributed by atoms with Crippen molar-refractivity contribution in [3.63, 3.8) is 0 Å². The highest BCUT2D eigenvalue weighted by atomic mass is 32.1. The molecule has 4 saturated carbocycles. The minimum Gasteiger partial charge on any atom is -0.208 e. The minimum atomic E-state index is 0.371. The maximum Gasteiger partial charge on any atom is 0.165 e. The minimum absolute atomic E-state index is 0.371. The number of hydrogen-bond acceptors (Lipinski definition) is 5. The third-order valence-corrected chi connectivity index (χ3v) is 14.2. The molecule has 0 N–H and O–H groups in total. The third kappa shape index (κ3) is 4.13. The van der Waals surface area contributed by atoms with Gasteiger partial charge in [0.15, 0.2) is 17.5 Å². The SMILES string of the molecule is c1ccc2c(c1)sc1c(-c3nc(-c4ccc(C56CC7CC(CC(C7)C5)C6)cc4)nc(-c4cccc5c4sc4ccccc45)n3)cccc12. The highest BCUT2D eigenvalue weighted by Crippen LogP contribution is 2.60. The number of thiophene rings is 2. The molecule has 0 spiro atoms. The van der Waals surface area contributed by atoms with E-state index in [9.17, 15) is 0 Å². The maximum atomic E-state index is 5.28. The largest absolute Gasteiger partial charge is 0.208 e. The first kappa shape index (κ1) is 27.5. The van der Waals surface area contributed by atoms with Gasteiger partial charge < -0.3 is 0 Å². The Morgan fingerprint density at radius 3 is 1.44 bits per heavy atom. The van der Waals surface area contributed by atoms with E-state index in [4.69, 9.17) is 15.0 Å². The standard InChI is InChI=1S/C43H33N3S2/c1-3-13-36-30(7-1)32-9-5-11-34(38(32)47-36)41-44-40(28-15-17-29(18-16-28)43-22-25-19-26(23-43)21-27(20-25)24-43)45-42(46-41)35-12-6-10-33-31-8-2-4-14-37(31)48-39(33)35/h1-18,25-27H,19-24H2. The lowest BCUT2D eigenvalue weighted by Crippen LogP contribution is -2.48. The Morgan fingerprint density at radius 1 is 0.458 bits per heavy atom. The third-order valence-electron chi connectivity index (χ3n) is 11.7. The zero-order valence-electron chi connectivity index (χ0n) is 26.5. The molecule has 8 aromatic rings. The van der Waals surface area contributed by atoms with Crippen LogP contribution in [-0.2, 0) is 5.41 Å². The van der Waals surface area contributed by atoms with E-state index in [1.807, 2.05) is 22.7 Å². The fraction of sp³-hybridized carbons (Fsp3) is 0.233. The summed E-state index contributed by atoms with van der Waals surface area (Å²) in [5.74, 6) is 4.99. The van der Waals surface area contributed by atoms with E-state index in [1.54, 1.807) is 0 Å². The van der Waals surface area contributed by atoms with Crippen LogP contribution in [-0.4, -0.2) is 15.0 Å². The number of nitrogens with zero attached hydrogens (tertiary/aromatic N) is 3. The molecule has 5 aromatic carbocycles. The molecule has 0 amide bonds. The Morgan fingerprint density at radius 2 is 0.917 bits per heavy atom. The zero-order valence-corrected chi connectivity index (χ0v) is 28.2. The van der Waals surface area contributed by atoms with Gasteiger partial charge in [-0.25, -0.2) is 15.0 Å². The summed E-state index contributed by atoms with van der Waals surface area (Å²) < 4.78 is 5.01. The van der Waals surface area contributed by atoms with Crippen molar-refractivity contribution in [1.82, 2.24) is 15.0 Å². The predicted molar refractivity (Wildman–Crippen MR) is 202 cm³/mol. The smallest absolute Gasteiger partial charge is 0.165 e. The van der Waals surface area contributed by atoms with E-state index in [1.165, 1.54) is 84.4 Å². The van der Waals surface area contributed by atoms with Gasteiger partial charge in [-0.15, -0.1) is 22.7 Å². The molecule has 4 aliphatic carbocycles. The van der Waals surface area contributed by atoms with Crippen LogP contribution in [0.2, 0.25) is 0 Å². The highest BCUT2D eigenvalue weighted by molar-refractivity contribution is 7.26. The van der Waals surface area contributed by atoms with E-state index in [0.717, 1.165) is 51.9 Å². The van der Waals surface area contributed by atoms with Crippen LogP contribution < -0.4 is 0 Å². The van der Waals surface area contributed by atoms with Crippen LogP contribution in [0.4, 0.5) is 0 Å². The van der Waals surface area contributed by atoms with E-state index >= 15 is 0 Å². The van der Waals surface area contributed by atoms with Crippen molar-refractivity contribution in [2.24, 2.45) is 17.8 Å². The summed E-state index contributed by atoms with van der Waals surface area (Å²) in [7, 11) is 0. The van der Waals surface area contributed by atoms with Gasteiger partial charge in [-0.05, 0) is 91.5 Å². The second-order valence-electron chi connectivity index (χ2n) is 14.6. The Labute approximate surface area is 287 Å². The first-order valence-corrected chi connectivity index (χ1v) is 19.0. The number of fused-ring (bicyclic) bond motifs is 6. The van der Waals surface area contributed by atoms with Gasteiger partial charge >= 0.3 is 0 Å². The molecule has 12 rings (SSSR count). The van der Waals surface area contributed by atoms with Crippen molar-refractivity contribution in [3.05, 3.63) is 115 Å². The van der Waals surface area contributed by atoms with E-state index in [2.05, 4.69) is 109 Å². The molecule has 0 atom stereocenters. The molecule has 0 unspecified atom stereocenters. The van der Waals surface area contributed by atoms with Crippen LogP contribution in [0.15, 0.2) is 109 Å². The van der Waals surface area contributed by atoms with Crippen LogP contribution in [0.25, 0.3) is 74.5 Å². The van der Waals surface area contributed by atoms with E-state index in [0.29, 0.717) is 5.41 Å². The van der Waals surface area contributed by atoms with Crippen molar-refractivity contribution >= 4 is 63.0 Å². The molecule has 0 aliphatic heterocycles. The molecular weight excluding hydrogens is 623 g/mol. The topological polar surface area (TPSA) is 38.7 Å². The average Bonchev–Trinajstić information content (AvgIpc) is 3.70. The summed E-state index contributed by atoms with van der Waals surface area (Å²) >= 11 is 3.65. The summed E-state index contributed by atoms with van der Waals surface area (Å²) in [6.07, 6.45) is 8.51.